The molecule has 1 saturated heterocycles. The summed E-state index contributed by atoms with van der Waals surface area (Å²) in [6, 6.07) is 8.35. The van der Waals surface area contributed by atoms with E-state index in [2.05, 4.69) is 25.6 Å². The first kappa shape index (κ1) is 26.8. The topological polar surface area (TPSA) is 139 Å². The highest BCUT2D eigenvalue weighted by molar-refractivity contribution is 6.32. The minimum Gasteiger partial charge on any atom is -0.497 e. The number of benzene rings is 1. The van der Waals surface area contributed by atoms with E-state index in [9.17, 15) is 14.7 Å². The number of methoxy groups -OCH3 is 1. The first-order valence-corrected chi connectivity index (χ1v) is 13.0. The third kappa shape index (κ3) is 6.11. The zero-order valence-electron chi connectivity index (χ0n) is 21.4. The van der Waals surface area contributed by atoms with Crippen molar-refractivity contribution in [2.24, 2.45) is 0 Å². The third-order valence-corrected chi connectivity index (χ3v) is 7.03. The number of carbonyl (C=O) groups is 2. The van der Waals surface area contributed by atoms with Crippen molar-refractivity contribution in [2.45, 2.75) is 31.5 Å². The SMILES string of the molecule is COc1cccc([C@@H](CO)NC(=O)CN2Cc3ncc(-c4nc(NC5CCOCC5)ncc4Cl)cc3C2=O)c1. The Morgan fingerprint density at radius 3 is 2.85 bits per heavy atom. The molecule has 0 spiro atoms. The molecule has 5 rings (SSSR count). The zero-order valence-corrected chi connectivity index (χ0v) is 22.1. The first-order valence-electron chi connectivity index (χ1n) is 12.6. The molecule has 2 aliphatic rings. The molecule has 204 valence electrons. The van der Waals surface area contributed by atoms with Gasteiger partial charge in [0.05, 0.1) is 54.5 Å². The van der Waals surface area contributed by atoms with Gasteiger partial charge in [-0.05, 0) is 36.6 Å². The van der Waals surface area contributed by atoms with E-state index in [4.69, 9.17) is 21.1 Å². The lowest BCUT2D eigenvalue weighted by Gasteiger charge is -2.23. The number of fused-ring (bicyclic) bond motifs is 1. The van der Waals surface area contributed by atoms with E-state index in [1.54, 1.807) is 43.6 Å². The first-order chi connectivity index (χ1) is 18.9. The van der Waals surface area contributed by atoms with Crippen molar-refractivity contribution >= 4 is 29.4 Å². The number of rotatable bonds is 9. The summed E-state index contributed by atoms with van der Waals surface area (Å²) in [5.41, 5.74) is 2.69. The van der Waals surface area contributed by atoms with Crippen LogP contribution in [0.3, 0.4) is 0 Å². The lowest BCUT2D eigenvalue weighted by atomic mass is 10.1. The molecule has 0 bridgehead atoms. The molecule has 11 nitrogen and oxygen atoms in total. The highest BCUT2D eigenvalue weighted by Gasteiger charge is 2.31. The number of hydrogen-bond donors (Lipinski definition) is 3. The molecule has 0 saturated carbocycles. The highest BCUT2D eigenvalue weighted by atomic mass is 35.5. The largest absolute Gasteiger partial charge is 0.497 e. The molecule has 2 amide bonds. The minimum absolute atomic E-state index is 0.182. The van der Waals surface area contributed by atoms with Crippen LogP contribution in [0.4, 0.5) is 5.95 Å². The van der Waals surface area contributed by atoms with Crippen molar-refractivity contribution in [1.29, 1.82) is 0 Å². The summed E-state index contributed by atoms with van der Waals surface area (Å²) < 4.78 is 10.6. The molecule has 2 aliphatic heterocycles. The smallest absolute Gasteiger partial charge is 0.256 e. The van der Waals surface area contributed by atoms with Crippen molar-refractivity contribution in [3.05, 3.63) is 64.6 Å². The van der Waals surface area contributed by atoms with Gasteiger partial charge in [0.2, 0.25) is 11.9 Å². The maximum absolute atomic E-state index is 13.2. The van der Waals surface area contributed by atoms with Crippen molar-refractivity contribution in [3.63, 3.8) is 0 Å². The summed E-state index contributed by atoms with van der Waals surface area (Å²) in [6.45, 7) is 1.08. The van der Waals surface area contributed by atoms with E-state index in [0.29, 0.717) is 58.0 Å². The van der Waals surface area contributed by atoms with Gasteiger partial charge >= 0.3 is 0 Å². The van der Waals surface area contributed by atoms with E-state index < -0.39 is 11.9 Å². The van der Waals surface area contributed by atoms with E-state index in [-0.39, 0.29) is 31.6 Å². The van der Waals surface area contributed by atoms with Gasteiger partial charge in [-0.2, -0.15) is 0 Å². The lowest BCUT2D eigenvalue weighted by molar-refractivity contribution is -0.122. The van der Waals surface area contributed by atoms with Crippen LogP contribution in [0.5, 0.6) is 5.75 Å². The van der Waals surface area contributed by atoms with Gasteiger partial charge in [-0.15, -0.1) is 0 Å². The molecule has 3 N–H and O–H groups in total. The maximum atomic E-state index is 13.2. The second-order valence-electron chi connectivity index (χ2n) is 9.38. The summed E-state index contributed by atoms with van der Waals surface area (Å²) in [7, 11) is 1.55. The molecule has 0 radical (unpaired) electrons. The van der Waals surface area contributed by atoms with Gasteiger partial charge in [0.1, 0.15) is 12.3 Å². The Morgan fingerprint density at radius 1 is 1.26 bits per heavy atom. The number of aliphatic hydroxyl groups is 1. The molecule has 12 heteroatoms. The number of nitrogens with zero attached hydrogens (tertiary/aromatic N) is 4. The quantitative estimate of drug-likeness (QED) is 0.365. The molecule has 4 heterocycles. The molecule has 1 atom stereocenters. The van der Waals surface area contributed by atoms with Gasteiger partial charge in [0.25, 0.3) is 5.91 Å². The van der Waals surface area contributed by atoms with Crippen LogP contribution in [0.2, 0.25) is 5.02 Å². The van der Waals surface area contributed by atoms with Crippen LogP contribution < -0.4 is 15.4 Å². The summed E-state index contributed by atoms with van der Waals surface area (Å²) in [4.78, 5) is 40.8. The van der Waals surface area contributed by atoms with E-state index in [1.807, 2.05) is 0 Å². The minimum atomic E-state index is -0.638. The predicted octanol–water partition coefficient (Wildman–Crippen LogP) is 2.60. The van der Waals surface area contributed by atoms with Gasteiger partial charge in [-0.25, -0.2) is 9.97 Å². The van der Waals surface area contributed by atoms with Crippen LogP contribution >= 0.6 is 11.6 Å². The number of anilines is 1. The van der Waals surface area contributed by atoms with Gasteiger partial charge in [0, 0.05) is 31.0 Å². The number of ether oxygens (including phenoxy) is 2. The van der Waals surface area contributed by atoms with E-state index >= 15 is 0 Å². The van der Waals surface area contributed by atoms with Crippen LogP contribution in [-0.4, -0.2) is 76.3 Å². The lowest BCUT2D eigenvalue weighted by Crippen LogP contribution is -2.40. The molecular formula is C27H29ClN6O5. The molecule has 0 aliphatic carbocycles. The van der Waals surface area contributed by atoms with Crippen molar-refractivity contribution in [3.8, 4) is 17.0 Å². The Bertz CT molecular complexity index is 1370. The molecular weight excluding hydrogens is 524 g/mol. The van der Waals surface area contributed by atoms with Crippen LogP contribution in [-0.2, 0) is 16.1 Å². The molecule has 1 aromatic carbocycles. The number of amides is 2. The van der Waals surface area contributed by atoms with Crippen LogP contribution in [0.25, 0.3) is 11.3 Å². The second-order valence-corrected chi connectivity index (χ2v) is 9.79. The Kier molecular flexibility index (Phi) is 8.20. The molecule has 1 fully saturated rings. The second kappa shape index (κ2) is 11.9. The number of pyridine rings is 1. The van der Waals surface area contributed by atoms with Gasteiger partial charge in [-0.3, -0.25) is 14.6 Å². The number of aromatic nitrogens is 3. The van der Waals surface area contributed by atoms with Crippen molar-refractivity contribution < 1.29 is 24.2 Å². The van der Waals surface area contributed by atoms with Crippen LogP contribution in [0.15, 0.2) is 42.7 Å². The van der Waals surface area contributed by atoms with E-state index in [0.717, 1.165) is 12.8 Å². The number of halogens is 1. The summed E-state index contributed by atoms with van der Waals surface area (Å²) >= 11 is 6.41. The van der Waals surface area contributed by atoms with Crippen molar-refractivity contribution in [2.75, 3.05) is 38.8 Å². The summed E-state index contributed by atoms with van der Waals surface area (Å²) in [5, 5.41) is 16.3. The average Bonchev–Trinajstić information content (AvgIpc) is 3.27. The van der Waals surface area contributed by atoms with Gasteiger partial charge in [-0.1, -0.05) is 23.7 Å². The predicted molar refractivity (Wildman–Crippen MR) is 143 cm³/mol. The highest BCUT2D eigenvalue weighted by Crippen LogP contribution is 2.30. The standard InChI is InChI=1S/C27H29ClN6O5/c1-38-19-4-2-3-16(9-19)23(15-35)32-24(36)14-34-13-22-20(26(34)37)10-17(11-29-22)25-21(28)12-30-27(33-25)31-18-5-7-39-8-6-18/h2-4,9-12,18,23,35H,5-8,13-15H2,1H3,(H,32,36)(H,30,31,33)/t23-/m1/s1. The molecule has 0 unspecified atom stereocenters. The Balaban J connectivity index is 1.27. The average molecular weight is 553 g/mol. The fourth-order valence-corrected chi connectivity index (χ4v) is 4.85. The fraction of sp³-hybridized carbons (Fsp3) is 0.370. The van der Waals surface area contributed by atoms with Crippen molar-refractivity contribution in [1.82, 2.24) is 25.2 Å². The Morgan fingerprint density at radius 2 is 2.08 bits per heavy atom. The van der Waals surface area contributed by atoms with E-state index in [1.165, 1.54) is 11.1 Å². The fourth-order valence-electron chi connectivity index (χ4n) is 4.65. The van der Waals surface area contributed by atoms with Crippen LogP contribution in [0, 0.1) is 0 Å². The van der Waals surface area contributed by atoms with Crippen LogP contribution in [0.1, 0.15) is 40.5 Å². The number of nitrogens with one attached hydrogen (secondary N) is 2. The summed E-state index contributed by atoms with van der Waals surface area (Å²) in [6.07, 6.45) is 4.86. The van der Waals surface area contributed by atoms with Gasteiger partial charge < -0.3 is 30.1 Å². The molecule has 2 aromatic heterocycles. The normalized spacial score (nSPS) is 16.1. The zero-order chi connectivity index (χ0) is 27.4. The molecule has 3 aromatic rings. The number of carbonyl (C=O) groups excluding carboxylic acids is 2. The number of hydrogen-bond acceptors (Lipinski definition) is 9. The molecule has 39 heavy (non-hydrogen) atoms. The third-order valence-electron chi connectivity index (χ3n) is 6.75. The van der Waals surface area contributed by atoms with Gasteiger partial charge in [0.15, 0.2) is 0 Å². The monoisotopic (exact) mass is 552 g/mol. The Hall–Kier alpha value is -3.80. The summed E-state index contributed by atoms with van der Waals surface area (Å²) in [5.74, 6) is 0.339. The Labute approximate surface area is 230 Å². The number of aliphatic hydroxyl groups excluding tert-OH is 1. The maximum Gasteiger partial charge on any atom is 0.256 e.